The Balaban J connectivity index is -0.000000240. The summed E-state index contributed by atoms with van der Waals surface area (Å²) in [6.45, 7) is 0. The van der Waals surface area contributed by atoms with Gasteiger partial charge in [0.25, 0.3) is 0 Å². The molecule has 0 aliphatic rings. The first-order chi connectivity index (χ1) is 5.78. The monoisotopic (exact) mass is 783 g/mol. The van der Waals surface area contributed by atoms with Gasteiger partial charge in [-0.1, -0.05) is 0 Å². The largest absolute Gasteiger partial charge is 0.481 e. The first-order valence-electron chi connectivity index (χ1n) is 3.17. The van der Waals surface area contributed by atoms with Gasteiger partial charge in [0.2, 0.25) is 0 Å². The Morgan fingerprint density at radius 1 is 0.812 bits per heavy atom. The summed E-state index contributed by atoms with van der Waals surface area (Å²) < 4.78 is 0. The van der Waals surface area contributed by atoms with Crippen LogP contribution in [-0.2, 0) is 81.5 Å². The van der Waals surface area contributed by atoms with Crippen LogP contribution in [0.25, 0.3) is 0 Å². The molecule has 0 atom stereocenters. The molecular weight excluding hydrogens is 775 g/mol. The van der Waals surface area contributed by atoms with E-state index in [1.165, 1.54) is 0 Å². The van der Waals surface area contributed by atoms with Crippen molar-refractivity contribution in [2.24, 2.45) is 0 Å². The molecule has 0 aromatic rings. The van der Waals surface area contributed by atoms with Crippen molar-refractivity contribution in [2.75, 3.05) is 0 Å². The van der Waals surface area contributed by atoms with Crippen molar-refractivity contribution in [3.8, 4) is 0 Å². The molecular formula is C6H8Au3O7. The van der Waals surface area contributed by atoms with Crippen molar-refractivity contribution in [2.45, 2.75) is 18.4 Å². The first-order valence-corrected chi connectivity index (χ1v) is 3.17. The molecule has 0 aliphatic heterocycles. The fourth-order valence-electron chi connectivity index (χ4n) is 0.714. The minimum atomic E-state index is -2.74. The summed E-state index contributed by atoms with van der Waals surface area (Å²) in [5.41, 5.74) is -2.74. The SMILES string of the molecule is O=C(O)CC(O)(CC(=O)O)C(=O)O.[Au].[Au].[Au]. The van der Waals surface area contributed by atoms with E-state index in [9.17, 15) is 14.4 Å². The van der Waals surface area contributed by atoms with Crippen LogP contribution in [0.2, 0.25) is 0 Å². The zero-order valence-electron chi connectivity index (χ0n) is 7.33. The average Bonchev–Trinajstić information content (AvgIpc) is 1.82. The Morgan fingerprint density at radius 2 is 1.06 bits per heavy atom. The molecule has 7 nitrogen and oxygen atoms in total. The van der Waals surface area contributed by atoms with Gasteiger partial charge in [-0.15, -0.1) is 0 Å². The van der Waals surface area contributed by atoms with Crippen LogP contribution in [0.1, 0.15) is 12.8 Å². The van der Waals surface area contributed by atoms with E-state index in [0.29, 0.717) is 0 Å². The van der Waals surface area contributed by atoms with Gasteiger partial charge in [0.15, 0.2) is 5.60 Å². The molecule has 3 radical (unpaired) electrons. The average molecular weight is 783 g/mol. The van der Waals surface area contributed by atoms with Gasteiger partial charge < -0.3 is 20.4 Å². The Hall–Kier alpha value is 0.591. The number of carbonyl (C=O) groups is 3. The normalized spacial score (nSPS) is 8.81. The first kappa shape index (κ1) is 25.4. The van der Waals surface area contributed by atoms with Crippen LogP contribution in [0.3, 0.4) is 0 Å². The van der Waals surface area contributed by atoms with Gasteiger partial charge in [0, 0.05) is 67.1 Å². The van der Waals surface area contributed by atoms with E-state index in [1.54, 1.807) is 0 Å². The van der Waals surface area contributed by atoms with Crippen LogP contribution >= 0.6 is 0 Å². The molecule has 0 bridgehead atoms. The van der Waals surface area contributed by atoms with Crippen molar-refractivity contribution in [1.82, 2.24) is 0 Å². The second-order valence-electron chi connectivity index (χ2n) is 2.48. The summed E-state index contributed by atoms with van der Waals surface area (Å²) in [6.07, 6.45) is -2.29. The molecule has 0 saturated carbocycles. The molecule has 4 N–H and O–H groups in total. The summed E-state index contributed by atoms with van der Waals surface area (Å²) in [5, 5.41) is 33.8. The molecule has 0 aromatic carbocycles. The maximum absolute atomic E-state index is 10.3. The second-order valence-corrected chi connectivity index (χ2v) is 2.48. The summed E-state index contributed by atoms with van der Waals surface area (Å²) in [4.78, 5) is 30.5. The topological polar surface area (TPSA) is 132 Å². The minimum absolute atomic E-state index is 0. The number of carboxylic acids is 3. The molecule has 0 saturated heterocycles. The van der Waals surface area contributed by atoms with Crippen LogP contribution in [0.4, 0.5) is 0 Å². The number of aliphatic carboxylic acids is 3. The summed E-state index contributed by atoms with van der Waals surface area (Å²) in [6, 6.07) is 0. The van der Waals surface area contributed by atoms with Crippen LogP contribution in [-0.4, -0.2) is 43.9 Å². The van der Waals surface area contributed by atoms with Gasteiger partial charge in [0.05, 0.1) is 12.8 Å². The minimum Gasteiger partial charge on any atom is -0.481 e. The van der Waals surface area contributed by atoms with Gasteiger partial charge in [-0.2, -0.15) is 0 Å². The zero-order valence-corrected chi connectivity index (χ0v) is 13.8. The fraction of sp³-hybridized carbons (Fsp3) is 0.500. The van der Waals surface area contributed by atoms with E-state index in [4.69, 9.17) is 20.4 Å². The number of rotatable bonds is 5. The third-order valence-electron chi connectivity index (χ3n) is 1.29. The molecule has 10 heteroatoms. The van der Waals surface area contributed by atoms with E-state index in [1.807, 2.05) is 0 Å². The molecule has 0 fully saturated rings. The maximum Gasteiger partial charge on any atom is 0.336 e. The zero-order chi connectivity index (χ0) is 10.6. The molecule has 16 heavy (non-hydrogen) atoms. The predicted octanol–water partition coefficient (Wildman–Crippen LogP) is -1.26. The molecule has 0 heterocycles. The number of aliphatic hydroxyl groups is 1. The van der Waals surface area contributed by atoms with E-state index < -0.39 is 36.4 Å². The Bertz CT molecular complexity index is 239. The standard InChI is InChI=1S/C6H8O7.3Au/c7-3(8)1-6(13,5(11)12)2-4(9)10;;;/h13H,1-2H2,(H,7,8)(H,9,10)(H,11,12);;;. The van der Waals surface area contributed by atoms with Crippen molar-refractivity contribution < 1.29 is 102 Å². The van der Waals surface area contributed by atoms with Crippen molar-refractivity contribution in [1.29, 1.82) is 0 Å². The molecule has 0 aromatic heterocycles. The van der Waals surface area contributed by atoms with Gasteiger partial charge in [-0.25, -0.2) is 4.79 Å². The van der Waals surface area contributed by atoms with Crippen LogP contribution < -0.4 is 0 Å². The number of hydrogen-bond donors (Lipinski definition) is 4. The van der Waals surface area contributed by atoms with Crippen molar-refractivity contribution in [3.05, 3.63) is 0 Å². The predicted molar refractivity (Wildman–Crippen MR) is 37.1 cm³/mol. The quantitative estimate of drug-likeness (QED) is 0.257. The van der Waals surface area contributed by atoms with Gasteiger partial charge in [-0.3, -0.25) is 9.59 Å². The van der Waals surface area contributed by atoms with Crippen LogP contribution in [0.15, 0.2) is 0 Å². The third-order valence-corrected chi connectivity index (χ3v) is 1.29. The summed E-state index contributed by atoms with van der Waals surface area (Å²) in [7, 11) is 0. The second kappa shape index (κ2) is 10.7. The molecule has 107 valence electrons. The molecule has 0 unspecified atom stereocenters. The van der Waals surface area contributed by atoms with Crippen LogP contribution in [0.5, 0.6) is 0 Å². The Morgan fingerprint density at radius 3 is 1.19 bits per heavy atom. The van der Waals surface area contributed by atoms with Gasteiger partial charge in [-0.05, 0) is 0 Å². The van der Waals surface area contributed by atoms with Gasteiger partial charge >= 0.3 is 17.9 Å². The van der Waals surface area contributed by atoms with E-state index >= 15 is 0 Å². The molecule has 0 spiro atoms. The summed E-state index contributed by atoms with van der Waals surface area (Å²) in [5.74, 6) is -5.02. The Labute approximate surface area is 137 Å². The van der Waals surface area contributed by atoms with Crippen molar-refractivity contribution >= 4 is 17.9 Å². The number of carboxylic acid groups (broad SMARTS) is 3. The fourth-order valence-corrected chi connectivity index (χ4v) is 0.714. The van der Waals surface area contributed by atoms with E-state index in [-0.39, 0.29) is 67.1 Å². The summed E-state index contributed by atoms with van der Waals surface area (Å²) >= 11 is 0. The third kappa shape index (κ3) is 9.79. The molecule has 0 amide bonds. The van der Waals surface area contributed by atoms with Crippen molar-refractivity contribution in [3.63, 3.8) is 0 Å². The molecule has 0 aliphatic carbocycles. The van der Waals surface area contributed by atoms with E-state index in [0.717, 1.165) is 0 Å². The van der Waals surface area contributed by atoms with Crippen LogP contribution in [0, 0.1) is 0 Å². The number of hydrogen-bond acceptors (Lipinski definition) is 4. The maximum atomic E-state index is 10.3. The Kier molecular flexibility index (Phi) is 17.1. The smallest absolute Gasteiger partial charge is 0.336 e. The van der Waals surface area contributed by atoms with E-state index in [2.05, 4.69) is 0 Å². The molecule has 0 rings (SSSR count). The van der Waals surface area contributed by atoms with Gasteiger partial charge in [0.1, 0.15) is 0 Å².